The summed E-state index contributed by atoms with van der Waals surface area (Å²) in [5.74, 6) is -0.310. The predicted molar refractivity (Wildman–Crippen MR) is 30.2 cm³/mol. The lowest BCUT2D eigenvalue weighted by atomic mass is 10.1. The summed E-state index contributed by atoms with van der Waals surface area (Å²) < 4.78 is 15.1. The Balaban J connectivity index is 2.25. The third-order valence-electron chi connectivity index (χ3n) is 1.75. The fourth-order valence-corrected chi connectivity index (χ4v) is 1.02. The first-order valence-corrected chi connectivity index (χ1v) is 3.17. The van der Waals surface area contributed by atoms with Crippen LogP contribution in [-0.2, 0) is 19.0 Å². The van der Waals surface area contributed by atoms with Gasteiger partial charge in [-0.15, -0.1) is 0 Å². The zero-order chi connectivity index (χ0) is 7.19. The van der Waals surface area contributed by atoms with Crippen LogP contribution in [0.1, 0.15) is 6.92 Å². The zero-order valence-corrected chi connectivity index (χ0v) is 5.62. The molecule has 3 aliphatic heterocycles. The second-order valence-corrected chi connectivity index (χ2v) is 2.69. The van der Waals surface area contributed by atoms with Gasteiger partial charge in [0.25, 0.3) is 0 Å². The van der Waals surface area contributed by atoms with Crippen molar-refractivity contribution in [3.8, 4) is 0 Å². The van der Waals surface area contributed by atoms with E-state index in [-0.39, 0.29) is 5.97 Å². The molecule has 0 aromatic heterocycles. The minimum absolute atomic E-state index is 0.310. The van der Waals surface area contributed by atoms with Gasteiger partial charge < -0.3 is 14.2 Å². The third-order valence-corrected chi connectivity index (χ3v) is 1.75. The molecule has 0 saturated carbocycles. The maximum atomic E-state index is 11.0. The molecule has 0 aromatic rings. The average Bonchev–Trinajstić information content (AvgIpc) is 1.92. The Morgan fingerprint density at radius 1 is 1.70 bits per heavy atom. The Morgan fingerprint density at radius 2 is 2.50 bits per heavy atom. The molecule has 56 valence electrons. The van der Waals surface area contributed by atoms with Crippen LogP contribution in [0.3, 0.4) is 0 Å². The number of esters is 1. The summed E-state index contributed by atoms with van der Waals surface area (Å²) in [6, 6.07) is 0. The van der Waals surface area contributed by atoms with Gasteiger partial charge in [0.05, 0.1) is 6.61 Å². The van der Waals surface area contributed by atoms with E-state index in [1.54, 1.807) is 6.92 Å². The number of fused-ring (bicyclic) bond motifs is 3. The Labute approximate surface area is 58.1 Å². The van der Waals surface area contributed by atoms with Gasteiger partial charge in [0.1, 0.15) is 6.61 Å². The van der Waals surface area contributed by atoms with E-state index < -0.39 is 11.9 Å². The van der Waals surface area contributed by atoms with Crippen molar-refractivity contribution in [3.63, 3.8) is 0 Å². The summed E-state index contributed by atoms with van der Waals surface area (Å²) in [5.41, 5.74) is -0.839. The monoisotopic (exact) mass is 144 g/mol. The maximum absolute atomic E-state index is 11.0. The summed E-state index contributed by atoms with van der Waals surface area (Å²) in [5, 5.41) is 0. The topological polar surface area (TPSA) is 44.8 Å². The van der Waals surface area contributed by atoms with Gasteiger partial charge in [0.15, 0.2) is 5.60 Å². The smallest absolute Gasteiger partial charge is 0.342 e. The van der Waals surface area contributed by atoms with Crippen molar-refractivity contribution < 1.29 is 19.0 Å². The highest BCUT2D eigenvalue weighted by atomic mass is 16.8. The predicted octanol–water partition coefficient (Wildman–Crippen LogP) is -0.325. The van der Waals surface area contributed by atoms with Gasteiger partial charge in [-0.05, 0) is 6.92 Å². The number of hydrogen-bond acceptors (Lipinski definition) is 4. The number of carbonyl (C=O) groups excluding carboxylic acids is 1. The summed E-state index contributed by atoms with van der Waals surface area (Å²) >= 11 is 0. The van der Waals surface area contributed by atoms with Gasteiger partial charge in [-0.25, -0.2) is 4.79 Å². The van der Waals surface area contributed by atoms with Gasteiger partial charge in [-0.2, -0.15) is 0 Å². The van der Waals surface area contributed by atoms with Crippen molar-refractivity contribution in [1.82, 2.24) is 0 Å². The molecule has 3 aliphatic rings. The Morgan fingerprint density at radius 3 is 2.80 bits per heavy atom. The molecule has 2 bridgehead atoms. The van der Waals surface area contributed by atoms with Crippen LogP contribution >= 0.6 is 0 Å². The van der Waals surface area contributed by atoms with E-state index in [1.165, 1.54) is 0 Å². The molecular weight excluding hydrogens is 136 g/mol. The number of rotatable bonds is 0. The lowest BCUT2D eigenvalue weighted by Crippen LogP contribution is -2.58. The molecule has 3 rings (SSSR count). The molecule has 2 unspecified atom stereocenters. The van der Waals surface area contributed by atoms with Crippen molar-refractivity contribution in [2.24, 2.45) is 0 Å². The van der Waals surface area contributed by atoms with E-state index in [1.807, 2.05) is 0 Å². The molecule has 0 radical (unpaired) electrons. The van der Waals surface area contributed by atoms with Crippen LogP contribution in [0, 0.1) is 0 Å². The molecular formula is C6H8O4. The number of hydrogen-bond donors (Lipinski definition) is 0. The van der Waals surface area contributed by atoms with Crippen LogP contribution < -0.4 is 0 Å². The first kappa shape index (κ1) is 6.12. The Hall–Kier alpha value is -0.610. The largest absolute Gasteiger partial charge is 0.431 e. The van der Waals surface area contributed by atoms with E-state index >= 15 is 0 Å². The highest BCUT2D eigenvalue weighted by Crippen LogP contribution is 2.27. The summed E-state index contributed by atoms with van der Waals surface area (Å²) in [6.45, 7) is 2.35. The van der Waals surface area contributed by atoms with Crippen molar-refractivity contribution in [2.45, 2.75) is 18.8 Å². The second-order valence-electron chi connectivity index (χ2n) is 2.69. The molecule has 10 heavy (non-hydrogen) atoms. The Kier molecular flexibility index (Phi) is 1.04. The minimum Gasteiger partial charge on any atom is -0.431 e. The van der Waals surface area contributed by atoms with E-state index in [9.17, 15) is 4.79 Å². The lowest BCUT2D eigenvalue weighted by molar-refractivity contribution is -0.302. The Bertz CT molecular complexity index is 169. The van der Waals surface area contributed by atoms with E-state index in [4.69, 9.17) is 14.2 Å². The van der Waals surface area contributed by atoms with Crippen molar-refractivity contribution in [2.75, 3.05) is 13.2 Å². The highest BCUT2D eigenvalue weighted by molar-refractivity contribution is 5.80. The number of carbonyl (C=O) groups is 1. The van der Waals surface area contributed by atoms with Crippen molar-refractivity contribution in [3.05, 3.63) is 0 Å². The van der Waals surface area contributed by atoms with Crippen LogP contribution in [-0.4, -0.2) is 31.1 Å². The minimum atomic E-state index is -0.839. The summed E-state index contributed by atoms with van der Waals surface area (Å²) in [6.07, 6.45) is -0.464. The SMILES string of the molecule is CC12COC(CO1)OC2=O. The molecule has 2 atom stereocenters. The van der Waals surface area contributed by atoms with Crippen molar-refractivity contribution >= 4 is 5.97 Å². The first-order valence-electron chi connectivity index (χ1n) is 3.17. The van der Waals surface area contributed by atoms with Crippen LogP contribution in [0.25, 0.3) is 0 Å². The van der Waals surface area contributed by atoms with Gasteiger partial charge in [-0.1, -0.05) is 0 Å². The van der Waals surface area contributed by atoms with E-state index in [0.29, 0.717) is 13.2 Å². The lowest BCUT2D eigenvalue weighted by Gasteiger charge is -2.41. The molecule has 0 amide bonds. The van der Waals surface area contributed by atoms with Crippen LogP contribution in [0.15, 0.2) is 0 Å². The quantitative estimate of drug-likeness (QED) is 0.437. The molecule has 3 fully saturated rings. The van der Waals surface area contributed by atoms with Gasteiger partial charge >= 0.3 is 5.97 Å². The highest BCUT2D eigenvalue weighted by Gasteiger charge is 2.48. The summed E-state index contributed by atoms with van der Waals surface area (Å²) in [7, 11) is 0. The van der Waals surface area contributed by atoms with Crippen LogP contribution in [0.2, 0.25) is 0 Å². The standard InChI is InChI=1S/C6H8O4/c1-6-3-8-4(2-9-6)10-5(6)7/h4H,2-3H2,1H3. The van der Waals surface area contributed by atoms with Crippen LogP contribution in [0.4, 0.5) is 0 Å². The average molecular weight is 144 g/mol. The fourth-order valence-electron chi connectivity index (χ4n) is 1.02. The third kappa shape index (κ3) is 0.660. The molecule has 0 N–H and O–H groups in total. The van der Waals surface area contributed by atoms with Crippen LogP contribution in [0.5, 0.6) is 0 Å². The van der Waals surface area contributed by atoms with Gasteiger partial charge in [0.2, 0.25) is 6.29 Å². The fraction of sp³-hybridized carbons (Fsp3) is 0.833. The van der Waals surface area contributed by atoms with E-state index in [2.05, 4.69) is 0 Å². The summed E-state index contributed by atoms with van der Waals surface area (Å²) in [4.78, 5) is 11.0. The molecule has 3 heterocycles. The van der Waals surface area contributed by atoms with E-state index in [0.717, 1.165) is 0 Å². The van der Waals surface area contributed by atoms with Gasteiger partial charge in [0, 0.05) is 0 Å². The first-order chi connectivity index (χ1) is 4.71. The zero-order valence-electron chi connectivity index (χ0n) is 5.62. The maximum Gasteiger partial charge on any atom is 0.342 e. The van der Waals surface area contributed by atoms with Crippen molar-refractivity contribution in [1.29, 1.82) is 0 Å². The molecule has 3 saturated heterocycles. The number of ether oxygens (including phenoxy) is 3. The molecule has 0 aliphatic carbocycles. The molecule has 4 nitrogen and oxygen atoms in total. The second kappa shape index (κ2) is 1.71. The molecule has 4 heteroatoms. The molecule has 0 spiro atoms. The van der Waals surface area contributed by atoms with Gasteiger partial charge in [-0.3, -0.25) is 0 Å². The normalized spacial score (nSPS) is 45.3. The molecule has 0 aromatic carbocycles.